The second kappa shape index (κ2) is 6.67. The number of hydrogen-bond acceptors (Lipinski definition) is 4. The average Bonchev–Trinajstić information content (AvgIpc) is 3.31. The molecule has 0 spiro atoms. The van der Waals surface area contributed by atoms with Gasteiger partial charge in [-0.25, -0.2) is 4.79 Å². The highest BCUT2D eigenvalue weighted by Crippen LogP contribution is 2.20. The van der Waals surface area contributed by atoms with Crippen molar-refractivity contribution in [2.45, 2.75) is 59.2 Å². The maximum atomic E-state index is 13.1. The van der Waals surface area contributed by atoms with Gasteiger partial charge in [-0.3, -0.25) is 18.3 Å². The van der Waals surface area contributed by atoms with E-state index >= 15 is 0 Å². The first-order chi connectivity index (χ1) is 12.9. The van der Waals surface area contributed by atoms with Crippen LogP contribution < -0.4 is 11.2 Å². The van der Waals surface area contributed by atoms with Crippen LogP contribution in [-0.4, -0.2) is 35.8 Å². The lowest BCUT2D eigenvalue weighted by Crippen LogP contribution is -2.39. The van der Waals surface area contributed by atoms with Crippen molar-refractivity contribution < 1.29 is 4.74 Å². The highest BCUT2D eigenvalue weighted by atomic mass is 16.5. The molecule has 0 radical (unpaired) electrons. The van der Waals surface area contributed by atoms with E-state index < -0.39 is 0 Å². The molecule has 1 atom stereocenters. The SMILES string of the molecule is Cc1cn2c3c(=O)n(CCC(C)C)c(=O)n(C)c3nc2n1C[C@@H]1CCCO1. The maximum Gasteiger partial charge on any atom is 0.332 e. The van der Waals surface area contributed by atoms with Gasteiger partial charge in [-0.1, -0.05) is 13.8 Å². The molecule has 1 aliphatic rings. The Hall–Kier alpha value is -2.35. The molecule has 8 nitrogen and oxygen atoms in total. The predicted octanol–water partition coefficient (Wildman–Crippen LogP) is 1.68. The van der Waals surface area contributed by atoms with E-state index in [1.807, 2.05) is 17.5 Å². The molecule has 1 aliphatic heterocycles. The molecule has 8 heteroatoms. The van der Waals surface area contributed by atoms with E-state index in [9.17, 15) is 9.59 Å². The molecular weight excluding hydrogens is 346 g/mol. The zero-order chi connectivity index (χ0) is 19.3. The molecule has 3 aromatic rings. The fourth-order valence-corrected chi connectivity index (χ4v) is 3.86. The van der Waals surface area contributed by atoms with E-state index in [0.29, 0.717) is 35.9 Å². The van der Waals surface area contributed by atoms with Gasteiger partial charge in [-0.2, -0.15) is 4.98 Å². The lowest BCUT2D eigenvalue weighted by atomic mass is 10.1. The number of fused-ring (bicyclic) bond motifs is 3. The van der Waals surface area contributed by atoms with Crippen LogP contribution in [0, 0.1) is 12.8 Å². The molecule has 0 saturated carbocycles. The summed E-state index contributed by atoms with van der Waals surface area (Å²) in [6, 6.07) is 0. The zero-order valence-electron chi connectivity index (χ0n) is 16.4. The third-order valence-electron chi connectivity index (χ3n) is 5.48. The third-order valence-corrected chi connectivity index (χ3v) is 5.48. The molecule has 0 N–H and O–H groups in total. The van der Waals surface area contributed by atoms with Crippen molar-refractivity contribution in [3.8, 4) is 0 Å². The lowest BCUT2D eigenvalue weighted by Gasteiger charge is -2.11. The van der Waals surface area contributed by atoms with Gasteiger partial charge in [-0.05, 0) is 32.1 Å². The van der Waals surface area contributed by atoms with Gasteiger partial charge in [0.25, 0.3) is 5.56 Å². The normalized spacial score (nSPS) is 17.7. The molecule has 0 unspecified atom stereocenters. The van der Waals surface area contributed by atoms with E-state index in [-0.39, 0.29) is 17.4 Å². The van der Waals surface area contributed by atoms with Crippen LogP contribution >= 0.6 is 0 Å². The van der Waals surface area contributed by atoms with Gasteiger partial charge >= 0.3 is 5.69 Å². The standard InChI is InChI=1S/C19H27N5O3/c1-12(2)7-8-22-17(25)15-16(21(4)19(22)26)20-18-23(13(3)10-24(15)18)11-14-6-5-9-27-14/h10,12,14H,5-9,11H2,1-4H3/t14-/m0/s1. The van der Waals surface area contributed by atoms with Crippen molar-refractivity contribution in [2.24, 2.45) is 13.0 Å². The maximum absolute atomic E-state index is 13.1. The first-order valence-electron chi connectivity index (χ1n) is 9.67. The molecule has 3 aromatic heterocycles. The van der Waals surface area contributed by atoms with Gasteiger partial charge in [0.05, 0.1) is 12.6 Å². The highest BCUT2D eigenvalue weighted by molar-refractivity contribution is 5.75. The Kier molecular flexibility index (Phi) is 4.46. The van der Waals surface area contributed by atoms with E-state index in [4.69, 9.17) is 4.74 Å². The van der Waals surface area contributed by atoms with Crippen molar-refractivity contribution in [2.75, 3.05) is 6.61 Å². The van der Waals surface area contributed by atoms with Gasteiger partial charge in [-0.15, -0.1) is 0 Å². The van der Waals surface area contributed by atoms with Crippen molar-refractivity contribution in [3.63, 3.8) is 0 Å². The summed E-state index contributed by atoms with van der Waals surface area (Å²) in [6.07, 6.45) is 4.99. The summed E-state index contributed by atoms with van der Waals surface area (Å²) in [5.41, 5.74) is 1.34. The van der Waals surface area contributed by atoms with Crippen LogP contribution in [-0.2, 0) is 24.9 Å². The number of ether oxygens (including phenoxy) is 1. The Morgan fingerprint density at radius 1 is 1.30 bits per heavy atom. The van der Waals surface area contributed by atoms with Crippen LogP contribution in [0.4, 0.5) is 0 Å². The van der Waals surface area contributed by atoms with Crippen LogP contribution in [0.3, 0.4) is 0 Å². The largest absolute Gasteiger partial charge is 0.376 e. The molecule has 0 aromatic carbocycles. The van der Waals surface area contributed by atoms with Gasteiger partial charge in [0, 0.05) is 32.1 Å². The van der Waals surface area contributed by atoms with Crippen LogP contribution in [0.2, 0.25) is 0 Å². The van der Waals surface area contributed by atoms with Crippen molar-refractivity contribution in [1.29, 1.82) is 0 Å². The van der Waals surface area contributed by atoms with Crippen LogP contribution in [0.5, 0.6) is 0 Å². The summed E-state index contributed by atoms with van der Waals surface area (Å²) < 4.78 is 12.5. The zero-order valence-corrected chi connectivity index (χ0v) is 16.4. The summed E-state index contributed by atoms with van der Waals surface area (Å²) in [7, 11) is 1.68. The molecule has 4 heterocycles. The monoisotopic (exact) mass is 373 g/mol. The van der Waals surface area contributed by atoms with Gasteiger partial charge in [0.1, 0.15) is 0 Å². The van der Waals surface area contributed by atoms with E-state index in [1.54, 1.807) is 7.05 Å². The van der Waals surface area contributed by atoms with Gasteiger partial charge in [0.2, 0.25) is 5.78 Å². The van der Waals surface area contributed by atoms with Crippen LogP contribution in [0.25, 0.3) is 16.9 Å². The molecule has 1 fully saturated rings. The molecule has 4 rings (SSSR count). The predicted molar refractivity (Wildman–Crippen MR) is 103 cm³/mol. The Labute approximate surface area is 157 Å². The smallest absolute Gasteiger partial charge is 0.332 e. The second-order valence-corrected chi connectivity index (χ2v) is 7.95. The van der Waals surface area contributed by atoms with E-state index in [1.165, 1.54) is 9.13 Å². The summed E-state index contributed by atoms with van der Waals surface area (Å²) in [5.74, 6) is 1.10. The number of hydrogen-bond donors (Lipinski definition) is 0. The Morgan fingerprint density at radius 3 is 2.74 bits per heavy atom. The summed E-state index contributed by atoms with van der Waals surface area (Å²) >= 11 is 0. The lowest BCUT2D eigenvalue weighted by molar-refractivity contribution is 0.0974. The second-order valence-electron chi connectivity index (χ2n) is 7.95. The van der Waals surface area contributed by atoms with E-state index in [0.717, 1.165) is 31.6 Å². The Morgan fingerprint density at radius 2 is 2.07 bits per heavy atom. The minimum absolute atomic E-state index is 0.172. The summed E-state index contributed by atoms with van der Waals surface area (Å²) in [4.78, 5) is 30.5. The molecule has 1 saturated heterocycles. The number of aromatic nitrogens is 5. The summed E-state index contributed by atoms with van der Waals surface area (Å²) in [5, 5.41) is 0. The number of aryl methyl sites for hydroxylation is 2. The molecule has 146 valence electrons. The van der Waals surface area contributed by atoms with E-state index in [2.05, 4.69) is 23.4 Å². The van der Waals surface area contributed by atoms with Crippen LogP contribution in [0.15, 0.2) is 15.8 Å². The average molecular weight is 373 g/mol. The molecular formula is C19H27N5O3. The highest BCUT2D eigenvalue weighted by Gasteiger charge is 2.23. The minimum atomic E-state index is -0.309. The fraction of sp³-hybridized carbons (Fsp3) is 0.632. The molecule has 0 bridgehead atoms. The third kappa shape index (κ3) is 2.92. The van der Waals surface area contributed by atoms with Gasteiger partial charge < -0.3 is 9.30 Å². The van der Waals surface area contributed by atoms with Gasteiger partial charge in [0.15, 0.2) is 11.2 Å². The first kappa shape index (κ1) is 18.0. The number of imidazole rings is 2. The van der Waals surface area contributed by atoms with Crippen molar-refractivity contribution in [3.05, 3.63) is 32.7 Å². The molecule has 27 heavy (non-hydrogen) atoms. The number of nitrogens with zero attached hydrogens (tertiary/aromatic N) is 5. The van der Waals surface area contributed by atoms with Crippen LogP contribution in [0.1, 0.15) is 38.8 Å². The quantitative estimate of drug-likeness (QED) is 0.682. The van der Waals surface area contributed by atoms with Crippen molar-refractivity contribution in [1.82, 2.24) is 23.1 Å². The minimum Gasteiger partial charge on any atom is -0.376 e. The molecule has 0 aliphatic carbocycles. The molecule has 0 amide bonds. The van der Waals surface area contributed by atoms with Crippen molar-refractivity contribution >= 4 is 16.9 Å². The number of rotatable bonds is 5. The summed E-state index contributed by atoms with van der Waals surface area (Å²) in [6.45, 7) is 8.10. The fourth-order valence-electron chi connectivity index (χ4n) is 3.86. The topological polar surface area (TPSA) is 75.5 Å². The Balaban J connectivity index is 1.90. The first-order valence-corrected chi connectivity index (χ1v) is 9.67. The Bertz CT molecular complexity index is 1110.